The van der Waals surface area contributed by atoms with Gasteiger partial charge in [0.2, 0.25) is 0 Å². The lowest BCUT2D eigenvalue weighted by Crippen LogP contribution is -2.39. The van der Waals surface area contributed by atoms with Gasteiger partial charge in [0.05, 0.1) is 25.0 Å². The summed E-state index contributed by atoms with van der Waals surface area (Å²) in [6.45, 7) is 4.33. The molecule has 0 radical (unpaired) electrons. The second-order valence-corrected chi connectivity index (χ2v) is 8.24. The molecule has 0 unspecified atom stereocenters. The molecule has 1 amide bonds. The number of nitrogens with zero attached hydrogens (tertiary/aromatic N) is 3. The van der Waals surface area contributed by atoms with Gasteiger partial charge in [-0.2, -0.15) is 0 Å². The summed E-state index contributed by atoms with van der Waals surface area (Å²) >= 11 is 1.10. The number of ether oxygens (including phenoxy) is 2. The molecule has 32 heavy (non-hydrogen) atoms. The van der Waals surface area contributed by atoms with E-state index in [0.29, 0.717) is 47.3 Å². The zero-order valence-corrected chi connectivity index (χ0v) is 19.2. The molecule has 0 bridgehead atoms. The lowest BCUT2D eigenvalue weighted by molar-refractivity contribution is 0.0376. The number of hydrogen-bond acceptors (Lipinski definition) is 6. The molecule has 1 fully saturated rings. The van der Waals surface area contributed by atoms with Gasteiger partial charge in [0.25, 0.3) is 5.91 Å². The lowest BCUT2D eigenvalue weighted by atomic mass is 10.2. The van der Waals surface area contributed by atoms with E-state index in [-0.39, 0.29) is 23.8 Å². The van der Waals surface area contributed by atoms with Crippen molar-refractivity contribution in [1.82, 2.24) is 9.88 Å². The highest BCUT2D eigenvalue weighted by Crippen LogP contribution is 2.32. The Kier molecular flexibility index (Phi) is 8.36. The van der Waals surface area contributed by atoms with Gasteiger partial charge in [0.1, 0.15) is 17.1 Å². The third-order valence-electron chi connectivity index (χ3n) is 5.15. The molecule has 0 atom stereocenters. The smallest absolute Gasteiger partial charge is 0.260 e. The van der Waals surface area contributed by atoms with E-state index in [9.17, 15) is 13.6 Å². The zero-order valence-electron chi connectivity index (χ0n) is 17.6. The second kappa shape index (κ2) is 11.0. The van der Waals surface area contributed by atoms with Gasteiger partial charge in [-0.3, -0.25) is 14.6 Å². The Hall–Kier alpha value is -2.33. The molecule has 1 aliphatic heterocycles. The van der Waals surface area contributed by atoms with Crippen LogP contribution in [-0.4, -0.2) is 62.3 Å². The Labute approximate surface area is 195 Å². The number of anilines is 1. The van der Waals surface area contributed by atoms with E-state index in [0.717, 1.165) is 37.0 Å². The fourth-order valence-electron chi connectivity index (χ4n) is 3.53. The van der Waals surface area contributed by atoms with Gasteiger partial charge < -0.3 is 9.47 Å². The summed E-state index contributed by atoms with van der Waals surface area (Å²) in [4.78, 5) is 21.5. The molecule has 10 heteroatoms. The van der Waals surface area contributed by atoms with E-state index in [4.69, 9.17) is 9.47 Å². The summed E-state index contributed by atoms with van der Waals surface area (Å²) in [6, 6.07) is 8.90. The molecule has 0 saturated carbocycles. The van der Waals surface area contributed by atoms with Crippen LogP contribution in [0.15, 0.2) is 36.4 Å². The van der Waals surface area contributed by atoms with Crippen molar-refractivity contribution in [1.29, 1.82) is 0 Å². The van der Waals surface area contributed by atoms with Crippen LogP contribution in [-0.2, 0) is 4.74 Å². The number of fused-ring (bicyclic) bond motifs is 1. The van der Waals surface area contributed by atoms with Gasteiger partial charge in [-0.05, 0) is 30.7 Å². The molecule has 6 nitrogen and oxygen atoms in total. The molecule has 172 valence electrons. The first-order valence-electron chi connectivity index (χ1n) is 10.1. The summed E-state index contributed by atoms with van der Waals surface area (Å²) in [5.74, 6) is -1.10. The van der Waals surface area contributed by atoms with Crippen LogP contribution < -0.4 is 9.64 Å². The predicted molar refractivity (Wildman–Crippen MR) is 123 cm³/mol. The largest absolute Gasteiger partial charge is 0.497 e. The number of benzene rings is 2. The highest BCUT2D eigenvalue weighted by Gasteiger charge is 2.23. The maximum Gasteiger partial charge on any atom is 0.260 e. The molecule has 1 aromatic heterocycles. The first-order chi connectivity index (χ1) is 15.0. The quantitative estimate of drug-likeness (QED) is 0.499. The molecule has 3 aromatic rings. The van der Waals surface area contributed by atoms with Crippen LogP contribution in [0.1, 0.15) is 16.8 Å². The fraction of sp³-hybridized carbons (Fsp3) is 0.364. The van der Waals surface area contributed by atoms with Crippen LogP contribution in [0.5, 0.6) is 5.75 Å². The number of halogens is 3. The summed E-state index contributed by atoms with van der Waals surface area (Å²) in [7, 11) is 1.54. The van der Waals surface area contributed by atoms with Crippen LogP contribution in [0.25, 0.3) is 10.2 Å². The molecular formula is C22H24ClF2N3O3S. The van der Waals surface area contributed by atoms with E-state index in [1.807, 2.05) is 0 Å². The van der Waals surface area contributed by atoms with Crippen LogP contribution >= 0.6 is 23.7 Å². The third kappa shape index (κ3) is 5.53. The van der Waals surface area contributed by atoms with Gasteiger partial charge in [0.15, 0.2) is 10.9 Å². The SMILES string of the molecule is COc1cccc(C(=O)N(CCCN2CCOCC2)c2nc3c(F)cc(F)cc3s2)c1.Cl. The maximum absolute atomic E-state index is 14.2. The van der Waals surface area contributed by atoms with E-state index in [1.54, 1.807) is 24.3 Å². The monoisotopic (exact) mass is 483 g/mol. The molecule has 4 rings (SSSR count). The molecule has 2 heterocycles. The average Bonchev–Trinajstić information content (AvgIpc) is 3.21. The number of aromatic nitrogens is 1. The Bertz CT molecular complexity index is 1080. The molecule has 0 aliphatic carbocycles. The van der Waals surface area contributed by atoms with E-state index >= 15 is 0 Å². The standard InChI is InChI=1S/C22H23F2N3O3S.ClH/c1-29-17-5-2-4-15(12-17)21(28)27(7-3-6-26-8-10-30-11-9-26)22-25-20-18(24)13-16(23)14-19(20)31-22;/h2,4-5,12-14H,3,6-11H2,1H3;1H. The minimum Gasteiger partial charge on any atom is -0.497 e. The van der Waals surface area contributed by atoms with Crippen molar-refractivity contribution in [2.24, 2.45) is 0 Å². The van der Waals surface area contributed by atoms with Gasteiger partial charge in [0, 0.05) is 37.8 Å². The number of thiazole rings is 1. The van der Waals surface area contributed by atoms with E-state index in [1.165, 1.54) is 18.1 Å². The van der Waals surface area contributed by atoms with Crippen LogP contribution in [0.2, 0.25) is 0 Å². The number of rotatable bonds is 7. The average molecular weight is 484 g/mol. The number of amides is 1. The van der Waals surface area contributed by atoms with Crippen molar-refractivity contribution in [2.45, 2.75) is 6.42 Å². The molecule has 0 N–H and O–H groups in total. The van der Waals surface area contributed by atoms with Gasteiger partial charge in [-0.1, -0.05) is 17.4 Å². The first kappa shape index (κ1) is 24.3. The second-order valence-electron chi connectivity index (χ2n) is 7.23. The highest BCUT2D eigenvalue weighted by atomic mass is 35.5. The normalized spacial score (nSPS) is 14.2. The first-order valence-corrected chi connectivity index (χ1v) is 10.9. The number of morpholine rings is 1. The van der Waals surface area contributed by atoms with Gasteiger partial charge in [-0.15, -0.1) is 12.4 Å². The predicted octanol–water partition coefficient (Wildman–Crippen LogP) is 4.37. The molecule has 0 spiro atoms. The number of carbonyl (C=O) groups excluding carboxylic acids is 1. The van der Waals surface area contributed by atoms with Crippen molar-refractivity contribution in [2.75, 3.05) is 51.4 Å². The van der Waals surface area contributed by atoms with E-state index < -0.39 is 11.6 Å². The van der Waals surface area contributed by atoms with Crippen molar-refractivity contribution < 1.29 is 23.0 Å². The number of methoxy groups -OCH3 is 1. The van der Waals surface area contributed by atoms with Crippen molar-refractivity contribution in [3.05, 3.63) is 53.6 Å². The van der Waals surface area contributed by atoms with Crippen LogP contribution in [0.3, 0.4) is 0 Å². The van der Waals surface area contributed by atoms with Gasteiger partial charge in [-0.25, -0.2) is 13.8 Å². The minimum atomic E-state index is -0.736. The van der Waals surface area contributed by atoms with Crippen LogP contribution in [0.4, 0.5) is 13.9 Å². The van der Waals surface area contributed by atoms with Crippen molar-refractivity contribution in [3.63, 3.8) is 0 Å². The lowest BCUT2D eigenvalue weighted by Gasteiger charge is -2.27. The Balaban J connectivity index is 0.00000289. The molecule has 1 aliphatic rings. The fourth-order valence-corrected chi connectivity index (χ4v) is 4.56. The third-order valence-corrected chi connectivity index (χ3v) is 6.18. The van der Waals surface area contributed by atoms with Crippen molar-refractivity contribution in [3.8, 4) is 5.75 Å². The summed E-state index contributed by atoms with van der Waals surface area (Å²) < 4.78 is 38.8. The molecular weight excluding hydrogens is 460 g/mol. The summed E-state index contributed by atoms with van der Waals surface area (Å²) in [5, 5.41) is 0.342. The van der Waals surface area contributed by atoms with Crippen molar-refractivity contribution >= 4 is 45.0 Å². The Morgan fingerprint density at radius 2 is 2.03 bits per heavy atom. The molecule has 1 saturated heterocycles. The maximum atomic E-state index is 14.2. The number of carbonyl (C=O) groups is 1. The minimum absolute atomic E-state index is 0. The number of hydrogen-bond donors (Lipinski definition) is 0. The topological polar surface area (TPSA) is 54.9 Å². The highest BCUT2D eigenvalue weighted by molar-refractivity contribution is 7.22. The van der Waals surface area contributed by atoms with Gasteiger partial charge >= 0.3 is 0 Å². The Morgan fingerprint density at radius 1 is 1.25 bits per heavy atom. The summed E-state index contributed by atoms with van der Waals surface area (Å²) in [6.07, 6.45) is 0.711. The molecule has 2 aromatic carbocycles. The van der Waals surface area contributed by atoms with Crippen LogP contribution in [0, 0.1) is 11.6 Å². The Morgan fingerprint density at radius 3 is 2.78 bits per heavy atom. The zero-order chi connectivity index (χ0) is 21.8. The van der Waals surface area contributed by atoms with E-state index in [2.05, 4.69) is 9.88 Å². The summed E-state index contributed by atoms with van der Waals surface area (Å²) in [5.41, 5.74) is 0.509.